The number of hydrazone groups is 1. The van der Waals surface area contributed by atoms with Crippen LogP contribution in [0.1, 0.15) is 12.5 Å². The summed E-state index contributed by atoms with van der Waals surface area (Å²) < 4.78 is 49.9. The number of hydrogen-bond acceptors (Lipinski definition) is 8. The lowest BCUT2D eigenvalue weighted by molar-refractivity contribution is -0.119. The van der Waals surface area contributed by atoms with Crippen molar-refractivity contribution in [1.29, 1.82) is 0 Å². The third kappa shape index (κ3) is 5.78. The minimum atomic E-state index is -4.13. The summed E-state index contributed by atoms with van der Waals surface area (Å²) in [6, 6.07) is 17.8. The van der Waals surface area contributed by atoms with Gasteiger partial charge >= 0.3 is 0 Å². The van der Waals surface area contributed by atoms with Gasteiger partial charge in [-0.05, 0) is 49.4 Å². The Morgan fingerprint density at radius 1 is 0.973 bits per heavy atom. The number of methoxy groups -OCH3 is 2. The van der Waals surface area contributed by atoms with E-state index in [1.807, 2.05) is 0 Å². The Bertz CT molecular complexity index is 1410. The molecule has 0 aromatic heterocycles. The smallest absolute Gasteiger partial charge is 0.264 e. The quantitative estimate of drug-likeness (QED) is 0.337. The molecule has 1 aliphatic heterocycles. The van der Waals surface area contributed by atoms with Gasteiger partial charge in [0, 0.05) is 11.6 Å². The highest BCUT2D eigenvalue weighted by molar-refractivity contribution is 7.92. The summed E-state index contributed by atoms with van der Waals surface area (Å²) >= 11 is 0. The molecular weight excluding hydrogens is 498 g/mol. The fourth-order valence-electron chi connectivity index (χ4n) is 3.66. The molecule has 1 aliphatic rings. The van der Waals surface area contributed by atoms with E-state index in [1.165, 1.54) is 32.4 Å². The van der Waals surface area contributed by atoms with E-state index in [4.69, 9.17) is 18.9 Å². The zero-order valence-corrected chi connectivity index (χ0v) is 21.4. The molecule has 0 radical (unpaired) electrons. The van der Waals surface area contributed by atoms with Crippen LogP contribution >= 0.6 is 0 Å². The van der Waals surface area contributed by atoms with Crippen molar-refractivity contribution in [3.63, 3.8) is 0 Å². The van der Waals surface area contributed by atoms with Gasteiger partial charge in [0.25, 0.3) is 15.9 Å². The zero-order valence-electron chi connectivity index (χ0n) is 20.6. The van der Waals surface area contributed by atoms with Gasteiger partial charge in [0.2, 0.25) is 0 Å². The van der Waals surface area contributed by atoms with Gasteiger partial charge in [-0.1, -0.05) is 18.2 Å². The number of ether oxygens (including phenoxy) is 4. The minimum absolute atomic E-state index is 0.0247. The van der Waals surface area contributed by atoms with Gasteiger partial charge in [-0.15, -0.1) is 0 Å². The maximum Gasteiger partial charge on any atom is 0.264 e. The van der Waals surface area contributed by atoms with Crippen LogP contribution in [0.25, 0.3) is 0 Å². The number of carbonyl (C=O) groups excluding carboxylic acids is 1. The predicted molar refractivity (Wildman–Crippen MR) is 138 cm³/mol. The lowest BCUT2D eigenvalue weighted by atomic mass is 10.1. The third-order valence-electron chi connectivity index (χ3n) is 5.58. The van der Waals surface area contributed by atoms with Crippen molar-refractivity contribution in [2.24, 2.45) is 5.10 Å². The molecule has 1 N–H and O–H groups in total. The van der Waals surface area contributed by atoms with E-state index in [-0.39, 0.29) is 16.3 Å². The van der Waals surface area contributed by atoms with Crippen LogP contribution in [0.5, 0.6) is 23.0 Å². The summed E-state index contributed by atoms with van der Waals surface area (Å²) in [4.78, 5) is 13.0. The predicted octanol–water partition coefficient (Wildman–Crippen LogP) is 3.21. The fourth-order valence-corrected chi connectivity index (χ4v) is 5.11. The minimum Gasteiger partial charge on any atom is -0.497 e. The first-order chi connectivity index (χ1) is 17.8. The van der Waals surface area contributed by atoms with Crippen molar-refractivity contribution >= 4 is 27.3 Å². The molecule has 0 aliphatic carbocycles. The normalized spacial score (nSPS) is 13.0. The summed E-state index contributed by atoms with van der Waals surface area (Å²) in [7, 11) is -1.23. The Labute approximate surface area is 215 Å². The topological polar surface area (TPSA) is 116 Å². The van der Waals surface area contributed by atoms with Crippen molar-refractivity contribution in [2.45, 2.75) is 11.8 Å². The van der Waals surface area contributed by atoms with Crippen LogP contribution < -0.4 is 28.7 Å². The molecule has 194 valence electrons. The van der Waals surface area contributed by atoms with Crippen LogP contribution in [0.3, 0.4) is 0 Å². The number of nitrogens with one attached hydrogen (secondary N) is 1. The van der Waals surface area contributed by atoms with Crippen LogP contribution in [0.4, 0.5) is 5.69 Å². The molecule has 0 saturated carbocycles. The largest absolute Gasteiger partial charge is 0.497 e. The Morgan fingerprint density at radius 3 is 2.41 bits per heavy atom. The molecule has 4 rings (SSSR count). The van der Waals surface area contributed by atoms with E-state index in [0.29, 0.717) is 36.2 Å². The number of nitrogens with zero attached hydrogens (tertiary/aromatic N) is 2. The van der Waals surface area contributed by atoms with E-state index in [0.717, 1.165) is 9.87 Å². The molecule has 37 heavy (non-hydrogen) atoms. The highest BCUT2D eigenvalue weighted by Gasteiger charge is 2.29. The summed E-state index contributed by atoms with van der Waals surface area (Å²) in [5.41, 5.74) is 3.85. The standard InChI is InChI=1S/C26H27N3O7S/c1-18(19-9-12-23-25(15-19)36-14-13-35-23)27-28-26(30)17-29(37(31,32)21-7-5-4-6-8-21)22-11-10-20(33-2)16-24(22)34-3/h4-12,15-16H,13-14,17H2,1-3H3,(H,28,30)/b27-18-. The number of rotatable bonds is 9. The fraction of sp³-hybridized carbons (Fsp3) is 0.231. The molecule has 0 bridgehead atoms. The van der Waals surface area contributed by atoms with E-state index in [1.54, 1.807) is 55.5 Å². The van der Waals surface area contributed by atoms with E-state index >= 15 is 0 Å². The van der Waals surface area contributed by atoms with Crippen molar-refractivity contribution in [3.8, 4) is 23.0 Å². The molecule has 0 atom stereocenters. The number of amides is 1. The lowest BCUT2D eigenvalue weighted by Crippen LogP contribution is -2.40. The third-order valence-corrected chi connectivity index (χ3v) is 7.36. The maximum absolute atomic E-state index is 13.6. The van der Waals surface area contributed by atoms with Gasteiger partial charge in [0.1, 0.15) is 31.3 Å². The van der Waals surface area contributed by atoms with Crippen molar-refractivity contribution in [3.05, 3.63) is 72.3 Å². The Hall–Kier alpha value is -4.25. The van der Waals surface area contributed by atoms with E-state index in [9.17, 15) is 13.2 Å². The van der Waals surface area contributed by atoms with Gasteiger partial charge in [-0.3, -0.25) is 9.10 Å². The van der Waals surface area contributed by atoms with Crippen molar-refractivity contribution in [2.75, 3.05) is 38.3 Å². The number of sulfonamides is 1. The second kappa shape index (κ2) is 11.2. The van der Waals surface area contributed by atoms with Gasteiger partial charge in [-0.2, -0.15) is 5.10 Å². The molecular formula is C26H27N3O7S. The molecule has 0 fully saturated rings. The first kappa shape index (κ1) is 25.8. The molecule has 0 saturated heterocycles. The highest BCUT2D eigenvalue weighted by atomic mass is 32.2. The van der Waals surface area contributed by atoms with Crippen LogP contribution in [-0.4, -0.2) is 54.0 Å². The SMILES string of the molecule is COc1ccc(N(CC(=O)N/N=C(/C)c2ccc3c(c2)OCCO3)S(=O)(=O)c2ccccc2)c(OC)c1. The summed E-state index contributed by atoms with van der Waals surface area (Å²) in [5.74, 6) is 1.29. The van der Waals surface area contributed by atoms with E-state index in [2.05, 4.69) is 10.5 Å². The number of carbonyl (C=O) groups is 1. The zero-order chi connectivity index (χ0) is 26.4. The van der Waals surface area contributed by atoms with Gasteiger partial charge in [0.15, 0.2) is 11.5 Å². The van der Waals surface area contributed by atoms with Crippen LogP contribution in [0.15, 0.2) is 76.7 Å². The van der Waals surface area contributed by atoms with Crippen LogP contribution in [0, 0.1) is 0 Å². The Morgan fingerprint density at radius 2 is 1.70 bits per heavy atom. The summed E-state index contributed by atoms with van der Waals surface area (Å²) in [6.07, 6.45) is 0. The first-order valence-electron chi connectivity index (χ1n) is 11.4. The number of anilines is 1. The van der Waals surface area contributed by atoms with Gasteiger partial charge in [0.05, 0.1) is 30.5 Å². The van der Waals surface area contributed by atoms with Gasteiger partial charge in [-0.25, -0.2) is 13.8 Å². The summed E-state index contributed by atoms with van der Waals surface area (Å²) in [5, 5.41) is 4.16. The lowest BCUT2D eigenvalue weighted by Gasteiger charge is -2.25. The molecule has 1 amide bonds. The maximum atomic E-state index is 13.6. The molecule has 1 heterocycles. The van der Waals surface area contributed by atoms with Crippen LogP contribution in [0.2, 0.25) is 0 Å². The molecule has 3 aromatic carbocycles. The Kier molecular flexibility index (Phi) is 7.83. The summed E-state index contributed by atoms with van der Waals surface area (Å²) in [6.45, 7) is 2.11. The highest BCUT2D eigenvalue weighted by Crippen LogP contribution is 2.35. The van der Waals surface area contributed by atoms with Gasteiger partial charge < -0.3 is 18.9 Å². The molecule has 0 spiro atoms. The second-order valence-corrected chi connectivity index (χ2v) is 9.82. The Balaban J connectivity index is 1.61. The molecule has 10 nitrogen and oxygen atoms in total. The molecule has 3 aromatic rings. The monoisotopic (exact) mass is 525 g/mol. The second-order valence-electron chi connectivity index (χ2n) is 7.95. The van der Waals surface area contributed by atoms with E-state index < -0.39 is 22.5 Å². The first-order valence-corrected chi connectivity index (χ1v) is 12.8. The number of hydrogen-bond donors (Lipinski definition) is 1. The number of fused-ring (bicyclic) bond motifs is 1. The van der Waals surface area contributed by atoms with Crippen LogP contribution in [-0.2, 0) is 14.8 Å². The number of benzene rings is 3. The molecule has 11 heteroatoms. The van der Waals surface area contributed by atoms with Crippen molar-refractivity contribution < 1.29 is 32.2 Å². The van der Waals surface area contributed by atoms with Crippen molar-refractivity contribution in [1.82, 2.24) is 5.43 Å². The average Bonchev–Trinajstić information content (AvgIpc) is 2.94. The average molecular weight is 526 g/mol. The molecule has 0 unspecified atom stereocenters.